The SMILES string of the molecule is Cc1ccc2oc(C=Cc3ccccc3)nc2c1. The van der Waals surface area contributed by atoms with Crippen LogP contribution in [-0.2, 0) is 0 Å². The molecule has 0 aliphatic heterocycles. The summed E-state index contributed by atoms with van der Waals surface area (Å²) in [6.45, 7) is 2.05. The molecule has 88 valence electrons. The molecule has 3 aromatic rings. The Morgan fingerprint density at radius 1 is 1.00 bits per heavy atom. The summed E-state index contributed by atoms with van der Waals surface area (Å²) in [6.07, 6.45) is 3.89. The van der Waals surface area contributed by atoms with E-state index in [1.165, 1.54) is 5.56 Å². The number of fused-ring (bicyclic) bond motifs is 1. The zero-order chi connectivity index (χ0) is 12.4. The highest BCUT2D eigenvalue weighted by Crippen LogP contribution is 2.18. The predicted molar refractivity (Wildman–Crippen MR) is 74.1 cm³/mol. The lowest BCUT2D eigenvalue weighted by atomic mass is 10.2. The van der Waals surface area contributed by atoms with Gasteiger partial charge in [-0.2, -0.15) is 0 Å². The van der Waals surface area contributed by atoms with Gasteiger partial charge in [-0.05, 0) is 36.3 Å². The van der Waals surface area contributed by atoms with Gasteiger partial charge in [0.25, 0.3) is 0 Å². The summed E-state index contributed by atoms with van der Waals surface area (Å²) in [7, 11) is 0. The number of aryl methyl sites for hydroxylation is 1. The van der Waals surface area contributed by atoms with E-state index in [-0.39, 0.29) is 0 Å². The maximum Gasteiger partial charge on any atom is 0.220 e. The molecule has 0 N–H and O–H groups in total. The molecule has 0 aliphatic carbocycles. The Hall–Kier alpha value is -2.35. The van der Waals surface area contributed by atoms with Crippen LogP contribution in [0.3, 0.4) is 0 Å². The van der Waals surface area contributed by atoms with Crippen LogP contribution in [0, 0.1) is 6.92 Å². The van der Waals surface area contributed by atoms with Crippen molar-refractivity contribution in [2.45, 2.75) is 6.92 Å². The van der Waals surface area contributed by atoms with E-state index in [4.69, 9.17) is 4.42 Å². The Kier molecular flexibility index (Phi) is 2.69. The van der Waals surface area contributed by atoms with Gasteiger partial charge in [0.2, 0.25) is 5.89 Å². The topological polar surface area (TPSA) is 26.0 Å². The van der Waals surface area contributed by atoms with Crippen molar-refractivity contribution in [3.63, 3.8) is 0 Å². The third-order valence-corrected chi connectivity index (χ3v) is 2.78. The lowest BCUT2D eigenvalue weighted by Gasteiger charge is -1.89. The van der Waals surface area contributed by atoms with Gasteiger partial charge >= 0.3 is 0 Å². The molecule has 0 amide bonds. The van der Waals surface area contributed by atoms with E-state index in [1.54, 1.807) is 0 Å². The van der Waals surface area contributed by atoms with Crippen molar-refractivity contribution in [2.24, 2.45) is 0 Å². The van der Waals surface area contributed by atoms with Crippen molar-refractivity contribution >= 4 is 23.3 Å². The van der Waals surface area contributed by atoms with Crippen LogP contribution in [0.25, 0.3) is 23.3 Å². The molecule has 3 rings (SSSR count). The first-order chi connectivity index (χ1) is 8.81. The predicted octanol–water partition coefficient (Wildman–Crippen LogP) is 4.31. The first kappa shape index (κ1) is 10.8. The van der Waals surface area contributed by atoms with Crippen molar-refractivity contribution in [1.82, 2.24) is 4.98 Å². The van der Waals surface area contributed by atoms with E-state index in [0.29, 0.717) is 5.89 Å². The summed E-state index contributed by atoms with van der Waals surface area (Å²) in [4.78, 5) is 4.44. The van der Waals surface area contributed by atoms with Crippen LogP contribution in [0.4, 0.5) is 0 Å². The van der Waals surface area contributed by atoms with Gasteiger partial charge in [0.15, 0.2) is 5.58 Å². The number of hydrogen-bond donors (Lipinski definition) is 0. The van der Waals surface area contributed by atoms with E-state index in [1.807, 2.05) is 67.6 Å². The minimum Gasteiger partial charge on any atom is -0.437 e. The number of aromatic nitrogens is 1. The highest BCUT2D eigenvalue weighted by molar-refractivity contribution is 5.76. The highest BCUT2D eigenvalue weighted by atomic mass is 16.3. The monoisotopic (exact) mass is 235 g/mol. The van der Waals surface area contributed by atoms with E-state index in [2.05, 4.69) is 4.98 Å². The number of nitrogens with zero attached hydrogens (tertiary/aromatic N) is 1. The summed E-state index contributed by atoms with van der Waals surface area (Å²) in [5.74, 6) is 0.638. The fourth-order valence-electron chi connectivity index (χ4n) is 1.86. The lowest BCUT2D eigenvalue weighted by molar-refractivity contribution is 0.589. The average molecular weight is 235 g/mol. The van der Waals surface area contributed by atoms with Gasteiger partial charge in [-0.15, -0.1) is 0 Å². The number of rotatable bonds is 2. The molecule has 0 saturated heterocycles. The van der Waals surface area contributed by atoms with Crippen molar-refractivity contribution in [1.29, 1.82) is 0 Å². The molecule has 0 unspecified atom stereocenters. The fourth-order valence-corrected chi connectivity index (χ4v) is 1.86. The normalized spacial score (nSPS) is 11.4. The van der Waals surface area contributed by atoms with Crippen molar-refractivity contribution < 1.29 is 4.42 Å². The van der Waals surface area contributed by atoms with Gasteiger partial charge in [0.05, 0.1) is 0 Å². The molecule has 0 fully saturated rings. The summed E-state index contributed by atoms with van der Waals surface area (Å²) in [5.41, 5.74) is 4.06. The second-order valence-corrected chi connectivity index (χ2v) is 4.27. The summed E-state index contributed by atoms with van der Waals surface area (Å²) in [6, 6.07) is 16.1. The third-order valence-electron chi connectivity index (χ3n) is 2.78. The van der Waals surface area contributed by atoms with Gasteiger partial charge in [0, 0.05) is 6.08 Å². The summed E-state index contributed by atoms with van der Waals surface area (Å²) < 4.78 is 5.65. The van der Waals surface area contributed by atoms with Gasteiger partial charge in [-0.3, -0.25) is 0 Å². The molecule has 0 radical (unpaired) electrons. The second kappa shape index (κ2) is 4.49. The Balaban J connectivity index is 1.93. The molecule has 2 nitrogen and oxygen atoms in total. The van der Waals surface area contributed by atoms with Crippen LogP contribution in [0.15, 0.2) is 52.9 Å². The number of benzene rings is 2. The molecule has 0 bridgehead atoms. The van der Waals surface area contributed by atoms with Gasteiger partial charge < -0.3 is 4.42 Å². The van der Waals surface area contributed by atoms with Crippen LogP contribution < -0.4 is 0 Å². The molecular formula is C16H13NO. The Labute approximate surface area is 106 Å². The van der Waals surface area contributed by atoms with E-state index in [9.17, 15) is 0 Å². The minimum atomic E-state index is 0.638. The lowest BCUT2D eigenvalue weighted by Crippen LogP contribution is -1.72. The van der Waals surface area contributed by atoms with E-state index < -0.39 is 0 Å². The van der Waals surface area contributed by atoms with Crippen molar-refractivity contribution in [3.05, 3.63) is 65.5 Å². The molecule has 1 heterocycles. The summed E-state index contributed by atoms with van der Waals surface area (Å²) >= 11 is 0. The van der Waals surface area contributed by atoms with Gasteiger partial charge in [-0.25, -0.2) is 4.98 Å². The molecule has 1 aromatic heterocycles. The fraction of sp³-hybridized carbons (Fsp3) is 0.0625. The standard InChI is InChI=1S/C16H13NO/c1-12-7-9-15-14(11-12)17-16(18-15)10-8-13-5-3-2-4-6-13/h2-11H,1H3. The maximum absolute atomic E-state index is 5.65. The van der Waals surface area contributed by atoms with Crippen LogP contribution >= 0.6 is 0 Å². The zero-order valence-corrected chi connectivity index (χ0v) is 10.1. The smallest absolute Gasteiger partial charge is 0.220 e. The van der Waals surface area contributed by atoms with Crippen LogP contribution in [0.5, 0.6) is 0 Å². The van der Waals surface area contributed by atoms with E-state index in [0.717, 1.165) is 16.7 Å². The molecule has 0 aliphatic rings. The summed E-state index contributed by atoms with van der Waals surface area (Å²) in [5, 5.41) is 0. The van der Waals surface area contributed by atoms with Crippen LogP contribution in [0.1, 0.15) is 17.0 Å². The van der Waals surface area contributed by atoms with Gasteiger partial charge in [-0.1, -0.05) is 36.4 Å². The third kappa shape index (κ3) is 2.18. The number of hydrogen-bond acceptors (Lipinski definition) is 2. The molecule has 0 saturated carbocycles. The van der Waals surface area contributed by atoms with Crippen molar-refractivity contribution in [2.75, 3.05) is 0 Å². The quantitative estimate of drug-likeness (QED) is 0.661. The van der Waals surface area contributed by atoms with Gasteiger partial charge in [0.1, 0.15) is 5.52 Å². The molecule has 18 heavy (non-hydrogen) atoms. The molecule has 2 heteroatoms. The highest BCUT2D eigenvalue weighted by Gasteiger charge is 2.02. The second-order valence-electron chi connectivity index (χ2n) is 4.27. The van der Waals surface area contributed by atoms with E-state index >= 15 is 0 Å². The maximum atomic E-state index is 5.65. The zero-order valence-electron chi connectivity index (χ0n) is 10.1. The molecule has 0 spiro atoms. The van der Waals surface area contributed by atoms with Crippen molar-refractivity contribution in [3.8, 4) is 0 Å². The largest absolute Gasteiger partial charge is 0.437 e. The molecule has 2 aromatic carbocycles. The molecular weight excluding hydrogens is 222 g/mol. The minimum absolute atomic E-state index is 0.638. The molecule has 0 atom stereocenters. The van der Waals surface area contributed by atoms with Crippen LogP contribution in [-0.4, -0.2) is 4.98 Å². The number of oxazole rings is 1. The Morgan fingerprint density at radius 3 is 2.67 bits per heavy atom. The first-order valence-corrected chi connectivity index (χ1v) is 5.91. The Morgan fingerprint density at radius 2 is 1.83 bits per heavy atom. The Bertz CT molecular complexity index is 695. The van der Waals surface area contributed by atoms with Crippen LogP contribution in [0.2, 0.25) is 0 Å². The average Bonchev–Trinajstić information content (AvgIpc) is 2.79. The first-order valence-electron chi connectivity index (χ1n) is 5.91.